The van der Waals surface area contributed by atoms with Crippen LogP contribution in [-0.2, 0) is 9.84 Å². The Morgan fingerprint density at radius 2 is 1.73 bits per heavy atom. The molecule has 0 amide bonds. The molecule has 0 aliphatic carbocycles. The van der Waals surface area contributed by atoms with Crippen LogP contribution in [0.5, 0.6) is 0 Å². The SMILES string of the molecule is C/C=C(/C=C/C)S(=O)(=O)c1ccccc1. The Morgan fingerprint density at radius 1 is 1.13 bits per heavy atom. The summed E-state index contributed by atoms with van der Waals surface area (Å²) in [4.78, 5) is 0.660. The minimum absolute atomic E-state index is 0.330. The summed E-state index contributed by atoms with van der Waals surface area (Å²) in [5.74, 6) is 0. The van der Waals surface area contributed by atoms with Crippen LogP contribution < -0.4 is 0 Å². The van der Waals surface area contributed by atoms with E-state index in [2.05, 4.69) is 0 Å². The Balaban J connectivity index is 3.25. The summed E-state index contributed by atoms with van der Waals surface area (Å²) in [6.45, 7) is 3.51. The largest absolute Gasteiger partial charge is 0.219 e. The number of hydrogen-bond acceptors (Lipinski definition) is 2. The maximum absolute atomic E-state index is 12.0. The lowest BCUT2D eigenvalue weighted by molar-refractivity contribution is 0.603. The number of rotatable bonds is 3. The Kier molecular flexibility index (Phi) is 3.86. The first-order chi connectivity index (χ1) is 7.12. The van der Waals surface area contributed by atoms with Gasteiger partial charge >= 0.3 is 0 Å². The summed E-state index contributed by atoms with van der Waals surface area (Å²) in [5.41, 5.74) is 0. The lowest BCUT2D eigenvalue weighted by Gasteiger charge is -2.04. The van der Waals surface area contributed by atoms with Crippen LogP contribution in [0.2, 0.25) is 0 Å². The molecule has 2 nitrogen and oxygen atoms in total. The summed E-state index contributed by atoms with van der Waals surface area (Å²) < 4.78 is 24.1. The molecule has 0 aliphatic rings. The molecular weight excluding hydrogens is 208 g/mol. The number of allylic oxidation sites excluding steroid dienone is 3. The molecule has 0 saturated carbocycles. The van der Waals surface area contributed by atoms with E-state index in [9.17, 15) is 8.42 Å². The van der Waals surface area contributed by atoms with Gasteiger partial charge in [-0.2, -0.15) is 0 Å². The smallest absolute Gasteiger partial charge is 0.206 e. The Labute approximate surface area is 90.9 Å². The zero-order valence-corrected chi connectivity index (χ0v) is 9.66. The standard InChI is InChI=1S/C12H14O2S/c1-3-8-11(4-2)15(13,14)12-9-6-5-7-10-12/h3-10H,1-2H3/b8-3+,11-4-. The predicted molar refractivity (Wildman–Crippen MR) is 62.2 cm³/mol. The van der Waals surface area contributed by atoms with Gasteiger partial charge < -0.3 is 0 Å². The van der Waals surface area contributed by atoms with Crippen molar-refractivity contribution in [1.29, 1.82) is 0 Å². The molecule has 15 heavy (non-hydrogen) atoms. The van der Waals surface area contributed by atoms with Crippen LogP contribution in [0.25, 0.3) is 0 Å². The molecule has 0 heterocycles. The topological polar surface area (TPSA) is 34.1 Å². The number of benzene rings is 1. The first-order valence-corrected chi connectivity index (χ1v) is 6.20. The minimum atomic E-state index is -3.34. The fourth-order valence-corrected chi connectivity index (χ4v) is 2.65. The van der Waals surface area contributed by atoms with Crippen molar-refractivity contribution in [2.45, 2.75) is 18.7 Å². The Morgan fingerprint density at radius 3 is 2.20 bits per heavy atom. The molecule has 0 fully saturated rings. The molecule has 0 bridgehead atoms. The second-order valence-electron chi connectivity index (χ2n) is 3.01. The van der Waals surface area contributed by atoms with E-state index in [-0.39, 0.29) is 0 Å². The monoisotopic (exact) mass is 222 g/mol. The molecule has 1 rings (SSSR count). The Hall–Kier alpha value is -1.35. The van der Waals surface area contributed by atoms with Crippen molar-refractivity contribution >= 4 is 9.84 Å². The third-order valence-corrected chi connectivity index (χ3v) is 3.86. The maximum atomic E-state index is 12.0. The van der Waals surface area contributed by atoms with Crippen LogP contribution in [-0.4, -0.2) is 8.42 Å². The van der Waals surface area contributed by atoms with Gasteiger partial charge in [-0.25, -0.2) is 8.42 Å². The second kappa shape index (κ2) is 4.94. The Bertz CT molecular complexity index is 468. The summed E-state index contributed by atoms with van der Waals surface area (Å²) in [5, 5.41) is 0. The molecule has 0 N–H and O–H groups in total. The summed E-state index contributed by atoms with van der Waals surface area (Å²) in [6.07, 6.45) is 4.92. The number of hydrogen-bond donors (Lipinski definition) is 0. The second-order valence-corrected chi connectivity index (χ2v) is 4.96. The van der Waals surface area contributed by atoms with Gasteiger partial charge in [0.05, 0.1) is 9.80 Å². The predicted octanol–water partition coefficient (Wildman–Crippen LogP) is 2.94. The van der Waals surface area contributed by atoms with E-state index in [0.29, 0.717) is 9.80 Å². The van der Waals surface area contributed by atoms with Crippen molar-refractivity contribution in [3.63, 3.8) is 0 Å². The van der Waals surface area contributed by atoms with Gasteiger partial charge in [0, 0.05) is 0 Å². The zero-order chi connectivity index (χ0) is 11.3. The third kappa shape index (κ3) is 2.57. The van der Waals surface area contributed by atoms with Gasteiger partial charge in [0.25, 0.3) is 0 Å². The summed E-state index contributed by atoms with van der Waals surface area (Å²) in [6, 6.07) is 8.43. The van der Waals surface area contributed by atoms with E-state index >= 15 is 0 Å². The molecule has 0 unspecified atom stereocenters. The first kappa shape index (κ1) is 11.7. The van der Waals surface area contributed by atoms with Gasteiger partial charge in [-0.1, -0.05) is 30.4 Å². The molecule has 1 aromatic rings. The molecule has 0 spiro atoms. The van der Waals surface area contributed by atoms with Crippen molar-refractivity contribution in [2.24, 2.45) is 0 Å². The fraction of sp³-hybridized carbons (Fsp3) is 0.167. The van der Waals surface area contributed by atoms with Crippen molar-refractivity contribution < 1.29 is 8.42 Å². The lowest BCUT2D eigenvalue weighted by atomic mass is 10.4. The molecule has 0 saturated heterocycles. The molecule has 0 aliphatic heterocycles. The van der Waals surface area contributed by atoms with Crippen LogP contribution in [0.15, 0.2) is 58.4 Å². The average Bonchev–Trinajstić information content (AvgIpc) is 2.27. The van der Waals surface area contributed by atoms with Gasteiger partial charge in [-0.05, 0) is 32.1 Å². The normalized spacial score (nSPS) is 13.3. The van der Waals surface area contributed by atoms with Crippen molar-refractivity contribution in [3.8, 4) is 0 Å². The highest BCUT2D eigenvalue weighted by atomic mass is 32.2. The van der Waals surface area contributed by atoms with Gasteiger partial charge in [0.15, 0.2) is 0 Å². The van der Waals surface area contributed by atoms with E-state index in [1.165, 1.54) is 0 Å². The van der Waals surface area contributed by atoms with Gasteiger partial charge in [0.2, 0.25) is 9.84 Å². The molecule has 0 aromatic heterocycles. The summed E-state index contributed by atoms with van der Waals surface area (Å²) in [7, 11) is -3.34. The summed E-state index contributed by atoms with van der Waals surface area (Å²) >= 11 is 0. The third-order valence-electron chi connectivity index (χ3n) is 1.98. The highest BCUT2D eigenvalue weighted by Crippen LogP contribution is 2.19. The van der Waals surface area contributed by atoms with E-state index < -0.39 is 9.84 Å². The van der Waals surface area contributed by atoms with Gasteiger partial charge in [-0.15, -0.1) is 0 Å². The van der Waals surface area contributed by atoms with Crippen LogP contribution in [0.1, 0.15) is 13.8 Å². The van der Waals surface area contributed by atoms with E-state index in [0.717, 1.165) is 0 Å². The average molecular weight is 222 g/mol. The van der Waals surface area contributed by atoms with Gasteiger partial charge in [0.1, 0.15) is 0 Å². The molecule has 80 valence electrons. The van der Waals surface area contributed by atoms with E-state index in [1.54, 1.807) is 62.4 Å². The molecule has 0 atom stereocenters. The van der Waals surface area contributed by atoms with Crippen LogP contribution >= 0.6 is 0 Å². The van der Waals surface area contributed by atoms with E-state index in [1.807, 2.05) is 0 Å². The molecule has 1 aromatic carbocycles. The fourth-order valence-electron chi connectivity index (χ4n) is 1.24. The number of sulfone groups is 1. The van der Waals surface area contributed by atoms with Crippen LogP contribution in [0.3, 0.4) is 0 Å². The van der Waals surface area contributed by atoms with Gasteiger partial charge in [-0.3, -0.25) is 0 Å². The lowest BCUT2D eigenvalue weighted by Crippen LogP contribution is -2.02. The van der Waals surface area contributed by atoms with Crippen LogP contribution in [0.4, 0.5) is 0 Å². The van der Waals surface area contributed by atoms with Crippen molar-refractivity contribution in [2.75, 3.05) is 0 Å². The van der Waals surface area contributed by atoms with Crippen LogP contribution in [0, 0.1) is 0 Å². The molecule has 3 heteroatoms. The molecule has 0 radical (unpaired) electrons. The maximum Gasteiger partial charge on any atom is 0.206 e. The zero-order valence-electron chi connectivity index (χ0n) is 8.84. The molecular formula is C12H14O2S. The highest BCUT2D eigenvalue weighted by Gasteiger charge is 2.16. The quantitative estimate of drug-likeness (QED) is 0.737. The van der Waals surface area contributed by atoms with Crippen molar-refractivity contribution in [3.05, 3.63) is 53.5 Å². The minimum Gasteiger partial charge on any atom is -0.219 e. The first-order valence-electron chi connectivity index (χ1n) is 4.72. The highest BCUT2D eigenvalue weighted by molar-refractivity contribution is 7.95. The van der Waals surface area contributed by atoms with E-state index in [4.69, 9.17) is 0 Å². The van der Waals surface area contributed by atoms with Crippen molar-refractivity contribution in [1.82, 2.24) is 0 Å².